The first kappa shape index (κ1) is 19.8. The van der Waals surface area contributed by atoms with Crippen LogP contribution in [0, 0.1) is 0 Å². The van der Waals surface area contributed by atoms with E-state index in [2.05, 4.69) is 0 Å². The Kier molecular flexibility index (Phi) is 5.13. The fourth-order valence-electron chi connectivity index (χ4n) is 3.34. The van der Waals surface area contributed by atoms with Crippen LogP contribution in [0.4, 0.5) is 0 Å². The molecule has 4 aromatic rings. The van der Waals surface area contributed by atoms with Crippen LogP contribution in [0.15, 0.2) is 77.8 Å². The van der Waals surface area contributed by atoms with E-state index in [1.165, 1.54) is 6.26 Å². The van der Waals surface area contributed by atoms with Crippen LogP contribution in [0.25, 0.3) is 27.9 Å². The lowest BCUT2D eigenvalue weighted by Gasteiger charge is -2.06. The summed E-state index contributed by atoms with van der Waals surface area (Å²) in [7, 11) is -3.30. The predicted octanol–water partition coefficient (Wildman–Crippen LogP) is 4.25. The smallest absolute Gasteiger partial charge is 0.338 e. The Hall–Kier alpha value is -3.45. The zero-order valence-electron chi connectivity index (χ0n) is 16.6. The monoisotopic (exact) mass is 420 g/mol. The number of sulfone groups is 1. The van der Waals surface area contributed by atoms with Crippen molar-refractivity contribution in [2.75, 3.05) is 12.9 Å². The molecule has 0 fully saturated rings. The van der Waals surface area contributed by atoms with Crippen molar-refractivity contribution in [2.24, 2.45) is 0 Å². The van der Waals surface area contributed by atoms with Gasteiger partial charge < -0.3 is 4.74 Å². The summed E-state index contributed by atoms with van der Waals surface area (Å²) in [5, 5.41) is 4.72. The van der Waals surface area contributed by atoms with Crippen molar-refractivity contribution in [1.82, 2.24) is 9.61 Å². The molecule has 0 bridgehead atoms. The fraction of sp³-hybridized carbons (Fsp3) is 0.130. The molecule has 2 aromatic heterocycles. The second-order valence-electron chi connectivity index (χ2n) is 6.85. The molecule has 0 radical (unpaired) electrons. The molecule has 30 heavy (non-hydrogen) atoms. The average Bonchev–Trinajstić information content (AvgIpc) is 3.13. The third-order valence-electron chi connectivity index (χ3n) is 4.76. The largest absolute Gasteiger partial charge is 0.462 e. The molecule has 7 heteroatoms. The molecule has 152 valence electrons. The molecule has 0 aliphatic carbocycles. The van der Waals surface area contributed by atoms with Gasteiger partial charge >= 0.3 is 5.97 Å². The van der Waals surface area contributed by atoms with Crippen LogP contribution < -0.4 is 0 Å². The zero-order valence-corrected chi connectivity index (χ0v) is 17.4. The van der Waals surface area contributed by atoms with E-state index in [0.717, 1.165) is 27.9 Å². The molecule has 0 aliphatic heterocycles. The first-order valence-electron chi connectivity index (χ1n) is 9.44. The van der Waals surface area contributed by atoms with Gasteiger partial charge in [0.25, 0.3) is 0 Å². The highest BCUT2D eigenvalue weighted by atomic mass is 32.2. The second-order valence-corrected chi connectivity index (χ2v) is 8.87. The molecule has 2 aromatic carbocycles. The number of fused-ring (bicyclic) bond motifs is 1. The molecular formula is C23H20N2O4S. The maximum absolute atomic E-state index is 12.2. The first-order chi connectivity index (χ1) is 14.4. The molecular weight excluding hydrogens is 400 g/mol. The Bertz CT molecular complexity index is 1330. The summed E-state index contributed by atoms with van der Waals surface area (Å²) in [6.45, 7) is 2.05. The highest BCUT2D eigenvalue weighted by molar-refractivity contribution is 7.90. The van der Waals surface area contributed by atoms with E-state index in [9.17, 15) is 13.2 Å². The molecule has 0 N–H and O–H groups in total. The Balaban J connectivity index is 1.96. The minimum atomic E-state index is -3.30. The zero-order chi connectivity index (χ0) is 21.3. The third-order valence-corrected chi connectivity index (χ3v) is 5.89. The summed E-state index contributed by atoms with van der Waals surface area (Å²) in [5.74, 6) is -0.402. The van der Waals surface area contributed by atoms with Gasteiger partial charge in [0.15, 0.2) is 9.84 Å². The number of esters is 1. The van der Waals surface area contributed by atoms with Gasteiger partial charge in [0.05, 0.1) is 22.6 Å². The van der Waals surface area contributed by atoms with Crippen LogP contribution in [0.3, 0.4) is 0 Å². The summed E-state index contributed by atoms with van der Waals surface area (Å²) in [5.41, 5.74) is 4.43. The lowest BCUT2D eigenvalue weighted by Crippen LogP contribution is -2.05. The Morgan fingerprint density at radius 2 is 1.70 bits per heavy atom. The van der Waals surface area contributed by atoms with E-state index in [1.54, 1.807) is 54.0 Å². The van der Waals surface area contributed by atoms with Crippen molar-refractivity contribution in [3.63, 3.8) is 0 Å². The van der Waals surface area contributed by atoms with Crippen LogP contribution in [0.1, 0.15) is 17.3 Å². The molecule has 4 rings (SSSR count). The quantitative estimate of drug-likeness (QED) is 0.451. The van der Waals surface area contributed by atoms with Crippen LogP contribution in [0.2, 0.25) is 0 Å². The van der Waals surface area contributed by atoms with E-state index in [-0.39, 0.29) is 4.90 Å². The molecule has 0 atom stereocenters. The Morgan fingerprint density at radius 1 is 1.00 bits per heavy atom. The number of nitrogens with zero attached hydrogens (tertiary/aromatic N) is 2. The van der Waals surface area contributed by atoms with Crippen molar-refractivity contribution in [3.05, 3.63) is 78.5 Å². The van der Waals surface area contributed by atoms with Crippen LogP contribution in [-0.4, -0.2) is 36.9 Å². The van der Waals surface area contributed by atoms with E-state index < -0.39 is 15.8 Å². The molecule has 0 unspecified atom stereocenters. The third kappa shape index (κ3) is 3.71. The number of carbonyl (C=O) groups excluding carboxylic acids is 1. The minimum Gasteiger partial charge on any atom is -0.462 e. The normalized spacial score (nSPS) is 11.5. The van der Waals surface area contributed by atoms with Gasteiger partial charge in [0, 0.05) is 23.6 Å². The lowest BCUT2D eigenvalue weighted by atomic mass is 9.99. The molecule has 2 heterocycles. The van der Waals surface area contributed by atoms with E-state index in [1.807, 2.05) is 30.3 Å². The number of aromatic nitrogens is 2. The number of benzene rings is 2. The minimum absolute atomic E-state index is 0.246. The Labute approximate surface area is 174 Å². The standard InChI is InChI=1S/C23H20N2O4S/c1-3-29-23(26)18-13-14-25-20(15-18)21(22(24-25)17-7-5-4-6-8-17)16-9-11-19(12-10-16)30(2,27)28/h4-15H,3H2,1-2H3. The number of hydrogen-bond acceptors (Lipinski definition) is 5. The summed E-state index contributed by atoms with van der Waals surface area (Å²) >= 11 is 0. The van der Waals surface area contributed by atoms with Crippen LogP contribution >= 0.6 is 0 Å². The SMILES string of the molecule is CCOC(=O)c1ccn2nc(-c3ccccc3)c(-c3ccc(S(C)(=O)=O)cc3)c2c1. The van der Waals surface area contributed by atoms with Crippen molar-refractivity contribution in [3.8, 4) is 22.4 Å². The fourth-order valence-corrected chi connectivity index (χ4v) is 3.97. The van der Waals surface area contributed by atoms with Crippen molar-refractivity contribution < 1.29 is 17.9 Å². The van der Waals surface area contributed by atoms with Gasteiger partial charge in [-0.15, -0.1) is 0 Å². The molecule has 0 spiro atoms. The van der Waals surface area contributed by atoms with Crippen LogP contribution in [-0.2, 0) is 14.6 Å². The molecule has 0 amide bonds. The lowest BCUT2D eigenvalue weighted by molar-refractivity contribution is 0.0526. The summed E-state index contributed by atoms with van der Waals surface area (Å²) in [6.07, 6.45) is 2.90. The van der Waals surface area contributed by atoms with Gasteiger partial charge in [0.1, 0.15) is 5.69 Å². The van der Waals surface area contributed by atoms with Crippen LogP contribution in [0.5, 0.6) is 0 Å². The van der Waals surface area contributed by atoms with Crippen molar-refractivity contribution >= 4 is 21.3 Å². The number of pyridine rings is 1. The van der Waals surface area contributed by atoms with Gasteiger partial charge in [-0.2, -0.15) is 5.10 Å². The molecule has 0 saturated heterocycles. The number of hydrogen-bond donors (Lipinski definition) is 0. The second kappa shape index (κ2) is 7.76. The maximum Gasteiger partial charge on any atom is 0.338 e. The van der Waals surface area contributed by atoms with E-state index in [0.29, 0.717) is 12.2 Å². The summed E-state index contributed by atoms with van der Waals surface area (Å²) in [4.78, 5) is 12.5. The summed E-state index contributed by atoms with van der Waals surface area (Å²) < 4.78 is 30.5. The van der Waals surface area contributed by atoms with Gasteiger partial charge in [-0.1, -0.05) is 42.5 Å². The average molecular weight is 420 g/mol. The molecule has 0 aliphatic rings. The van der Waals surface area contributed by atoms with Gasteiger partial charge in [-0.05, 0) is 36.8 Å². The van der Waals surface area contributed by atoms with Gasteiger partial charge in [0.2, 0.25) is 0 Å². The maximum atomic E-state index is 12.2. The number of rotatable bonds is 5. The molecule has 6 nitrogen and oxygen atoms in total. The van der Waals surface area contributed by atoms with Crippen molar-refractivity contribution in [1.29, 1.82) is 0 Å². The highest BCUT2D eigenvalue weighted by Gasteiger charge is 2.19. The van der Waals surface area contributed by atoms with E-state index in [4.69, 9.17) is 9.84 Å². The summed E-state index contributed by atoms with van der Waals surface area (Å²) in [6, 6.07) is 19.8. The highest BCUT2D eigenvalue weighted by Crippen LogP contribution is 2.36. The van der Waals surface area contributed by atoms with Gasteiger partial charge in [-0.25, -0.2) is 17.7 Å². The predicted molar refractivity (Wildman–Crippen MR) is 115 cm³/mol. The first-order valence-corrected chi connectivity index (χ1v) is 11.3. The Morgan fingerprint density at radius 3 is 2.33 bits per heavy atom. The number of carbonyl (C=O) groups is 1. The topological polar surface area (TPSA) is 77.7 Å². The van der Waals surface area contributed by atoms with E-state index >= 15 is 0 Å². The van der Waals surface area contributed by atoms with Crippen molar-refractivity contribution in [2.45, 2.75) is 11.8 Å². The number of ether oxygens (including phenoxy) is 1. The molecule has 0 saturated carbocycles. The van der Waals surface area contributed by atoms with Gasteiger partial charge in [-0.3, -0.25) is 0 Å².